The van der Waals surface area contributed by atoms with E-state index in [1.807, 2.05) is 0 Å². The molecule has 108 valence electrons. The van der Waals surface area contributed by atoms with E-state index >= 15 is 0 Å². The van der Waals surface area contributed by atoms with Crippen LogP contribution in [-0.4, -0.2) is 14.8 Å². The lowest BCUT2D eigenvalue weighted by molar-refractivity contribution is -0.394. The van der Waals surface area contributed by atoms with Gasteiger partial charge in [-0.2, -0.15) is 25.3 Å². The number of nitrogens with zero attached hydrogens (tertiary/aromatic N) is 2. The maximum absolute atomic E-state index is 10.9. The van der Waals surface area contributed by atoms with E-state index in [2.05, 4.69) is 25.3 Å². The molecule has 0 radical (unpaired) electrons. The van der Waals surface area contributed by atoms with E-state index in [-0.39, 0.29) is 12.0 Å². The van der Waals surface area contributed by atoms with E-state index < -0.39 is 39.1 Å². The van der Waals surface area contributed by atoms with Crippen molar-refractivity contribution in [3.05, 3.63) is 44.0 Å². The first kappa shape index (κ1) is 16.7. The number of hydrogen-bond acceptors (Lipinski definition) is 8. The van der Waals surface area contributed by atoms with Crippen molar-refractivity contribution in [3.63, 3.8) is 0 Å². The Bertz CT molecular complexity index is 612. The third-order valence-corrected chi connectivity index (χ3v) is 4.42. The summed E-state index contributed by atoms with van der Waals surface area (Å²) in [6.07, 6.45) is -0.0520. The molecule has 0 fully saturated rings. The second-order valence-corrected chi connectivity index (χ2v) is 6.62. The molecule has 0 aliphatic heterocycles. The molecule has 1 aromatic carbocycles. The third kappa shape index (κ3) is 4.06. The fourth-order valence-electron chi connectivity index (χ4n) is 1.50. The molecule has 0 aliphatic carbocycles. The van der Waals surface area contributed by atoms with Crippen LogP contribution in [-0.2, 0) is 9.13 Å². The average Bonchev–Trinajstić information content (AvgIpc) is 2.37. The number of non-ortho nitro benzene ring substituents is 1. The van der Waals surface area contributed by atoms with Crippen LogP contribution in [0.5, 0.6) is 0 Å². The lowest BCUT2D eigenvalue weighted by Crippen LogP contribution is -2.03. The van der Waals surface area contributed by atoms with E-state index in [0.717, 1.165) is 12.1 Å². The molecule has 11 heteroatoms. The van der Waals surface area contributed by atoms with Gasteiger partial charge in [-0.25, -0.2) is 9.13 Å². The molecule has 1 aromatic rings. The molecule has 2 atom stereocenters. The predicted octanol–water partition coefficient (Wildman–Crippen LogP) is 3.29. The van der Waals surface area contributed by atoms with Crippen LogP contribution in [0.1, 0.15) is 17.2 Å². The number of nitro groups is 2. The fraction of sp³-hybridized carbons (Fsp3) is 0.333. The first-order valence-corrected chi connectivity index (χ1v) is 7.44. The van der Waals surface area contributed by atoms with E-state index in [1.165, 1.54) is 6.07 Å². The third-order valence-electron chi connectivity index (χ3n) is 2.46. The van der Waals surface area contributed by atoms with Crippen LogP contribution in [0.25, 0.3) is 0 Å². The maximum Gasteiger partial charge on any atom is 0.328 e. The van der Waals surface area contributed by atoms with Gasteiger partial charge in [-0.15, -0.1) is 0 Å². The van der Waals surface area contributed by atoms with Crippen molar-refractivity contribution in [3.8, 4) is 0 Å². The molecule has 0 spiro atoms. The highest BCUT2D eigenvalue weighted by Gasteiger charge is 2.25. The summed E-state index contributed by atoms with van der Waals surface area (Å²) >= 11 is 7.94. The largest absolute Gasteiger partial charge is 0.328 e. The number of benzene rings is 1. The van der Waals surface area contributed by atoms with Crippen LogP contribution in [0, 0.1) is 20.2 Å². The standard InChI is InChI=1S/C9H9N2O6PS2/c12-10(13)5-1-2-6(7(3-5)11(14)15)8(19)4-9(20)18(16)17/h1-3,8-9,19-20H,4H2/t8-,9+/m0/s1. The van der Waals surface area contributed by atoms with Gasteiger partial charge in [0.1, 0.15) is 4.99 Å². The Balaban J connectivity index is 3.17. The second kappa shape index (κ2) is 6.87. The summed E-state index contributed by atoms with van der Waals surface area (Å²) in [4.78, 5) is 19.0. The van der Waals surface area contributed by atoms with Gasteiger partial charge in [0.05, 0.1) is 15.9 Å². The van der Waals surface area contributed by atoms with Gasteiger partial charge in [-0.05, 0) is 12.5 Å². The number of thiol groups is 2. The predicted molar refractivity (Wildman–Crippen MR) is 77.2 cm³/mol. The van der Waals surface area contributed by atoms with Crippen molar-refractivity contribution >= 4 is 44.3 Å². The Labute approximate surface area is 124 Å². The van der Waals surface area contributed by atoms with Crippen LogP contribution in [0.2, 0.25) is 0 Å². The highest BCUT2D eigenvalue weighted by atomic mass is 32.1. The lowest BCUT2D eigenvalue weighted by atomic mass is 10.1. The van der Waals surface area contributed by atoms with Crippen molar-refractivity contribution in [2.45, 2.75) is 16.7 Å². The Morgan fingerprint density at radius 2 is 1.75 bits per heavy atom. The Morgan fingerprint density at radius 3 is 2.20 bits per heavy atom. The highest BCUT2D eigenvalue weighted by molar-refractivity contribution is 7.86. The lowest BCUT2D eigenvalue weighted by Gasteiger charge is -2.11. The van der Waals surface area contributed by atoms with Gasteiger partial charge >= 0.3 is 7.68 Å². The van der Waals surface area contributed by atoms with Crippen LogP contribution in [0.4, 0.5) is 11.4 Å². The molecule has 1 rings (SSSR count). The van der Waals surface area contributed by atoms with Crippen LogP contribution in [0.15, 0.2) is 18.2 Å². The molecule has 8 nitrogen and oxygen atoms in total. The topological polar surface area (TPSA) is 120 Å². The molecule has 20 heavy (non-hydrogen) atoms. The van der Waals surface area contributed by atoms with E-state index in [0.29, 0.717) is 0 Å². The van der Waals surface area contributed by atoms with Gasteiger partial charge in [0, 0.05) is 16.9 Å². The molecule has 0 saturated carbocycles. The fourth-order valence-corrected chi connectivity index (χ4v) is 2.85. The van der Waals surface area contributed by atoms with Crippen molar-refractivity contribution in [2.24, 2.45) is 0 Å². The SMILES string of the molecule is O=[N+]([O-])c1ccc([C@@H](S)C[C@@H](S)P(=O)=O)c([N+](=O)[O-])c1. The van der Waals surface area contributed by atoms with Crippen LogP contribution in [0.3, 0.4) is 0 Å². The zero-order valence-corrected chi connectivity index (χ0v) is 12.5. The van der Waals surface area contributed by atoms with Crippen molar-refractivity contribution in [2.75, 3.05) is 0 Å². The minimum atomic E-state index is -2.79. The molecule has 0 unspecified atom stereocenters. The normalized spacial score (nSPS) is 13.5. The molecule has 0 N–H and O–H groups in total. The van der Waals surface area contributed by atoms with Crippen molar-refractivity contribution in [1.29, 1.82) is 0 Å². The van der Waals surface area contributed by atoms with Crippen molar-refractivity contribution < 1.29 is 19.0 Å². The van der Waals surface area contributed by atoms with Crippen molar-refractivity contribution in [1.82, 2.24) is 0 Å². The number of rotatable bonds is 6. The van der Waals surface area contributed by atoms with E-state index in [9.17, 15) is 29.4 Å². The number of nitro benzene ring substituents is 2. The number of hydrogen-bond donors (Lipinski definition) is 2. The highest BCUT2D eigenvalue weighted by Crippen LogP contribution is 2.38. The summed E-state index contributed by atoms with van der Waals surface area (Å²) < 4.78 is 21.5. The monoisotopic (exact) mass is 336 g/mol. The summed E-state index contributed by atoms with van der Waals surface area (Å²) in [5.41, 5.74) is -0.779. The summed E-state index contributed by atoms with van der Waals surface area (Å²) in [6, 6.07) is 3.13. The van der Waals surface area contributed by atoms with Gasteiger partial charge in [0.25, 0.3) is 11.4 Å². The van der Waals surface area contributed by atoms with E-state index in [1.54, 1.807) is 0 Å². The van der Waals surface area contributed by atoms with Gasteiger partial charge in [0.2, 0.25) is 0 Å². The molecule has 0 aromatic heterocycles. The zero-order chi connectivity index (χ0) is 15.4. The summed E-state index contributed by atoms with van der Waals surface area (Å²) in [5.74, 6) is 0. The Hall–Kier alpha value is -1.38. The van der Waals surface area contributed by atoms with E-state index in [4.69, 9.17) is 0 Å². The summed E-state index contributed by atoms with van der Waals surface area (Å²) in [5, 5.41) is 20.8. The smallest absolute Gasteiger partial charge is 0.258 e. The van der Waals surface area contributed by atoms with Gasteiger partial charge in [-0.1, -0.05) is 0 Å². The second-order valence-electron chi connectivity index (χ2n) is 3.77. The Kier molecular flexibility index (Phi) is 5.73. The molecule has 0 heterocycles. The summed E-state index contributed by atoms with van der Waals surface area (Å²) in [7, 11) is -2.79. The van der Waals surface area contributed by atoms with Crippen LogP contribution >= 0.6 is 32.9 Å². The molecule has 0 aliphatic rings. The Morgan fingerprint density at radius 1 is 1.15 bits per heavy atom. The molecule has 0 saturated heterocycles. The minimum absolute atomic E-state index is 0.0520. The first-order valence-electron chi connectivity index (χ1n) is 5.16. The molecule has 0 bridgehead atoms. The van der Waals surface area contributed by atoms with Gasteiger partial charge in [-0.3, -0.25) is 20.2 Å². The maximum atomic E-state index is 10.9. The molecular weight excluding hydrogens is 327 g/mol. The van der Waals surface area contributed by atoms with Crippen LogP contribution < -0.4 is 0 Å². The first-order chi connectivity index (χ1) is 9.23. The van der Waals surface area contributed by atoms with Gasteiger partial charge in [0.15, 0.2) is 0 Å². The summed E-state index contributed by atoms with van der Waals surface area (Å²) in [6.45, 7) is 0. The van der Waals surface area contributed by atoms with Gasteiger partial charge < -0.3 is 0 Å². The molecule has 0 amide bonds. The molecular formula is C9H9N2O6PS2. The quantitative estimate of drug-likeness (QED) is 0.356. The average molecular weight is 336 g/mol. The minimum Gasteiger partial charge on any atom is -0.258 e. The zero-order valence-electron chi connectivity index (χ0n) is 9.78.